The molecule has 3 unspecified atom stereocenters. The third-order valence-electron chi connectivity index (χ3n) is 5.07. The Morgan fingerprint density at radius 2 is 1.89 bits per heavy atom. The van der Waals surface area contributed by atoms with Crippen LogP contribution in [0.2, 0.25) is 0 Å². The van der Waals surface area contributed by atoms with E-state index in [1.807, 2.05) is 0 Å². The lowest BCUT2D eigenvalue weighted by molar-refractivity contribution is 0.0904. The Labute approximate surface area is 115 Å². The summed E-state index contributed by atoms with van der Waals surface area (Å²) in [6, 6.07) is 1.38. The largest absolute Gasteiger partial charge is 0.317 e. The van der Waals surface area contributed by atoms with Gasteiger partial charge in [-0.05, 0) is 57.5 Å². The fourth-order valence-corrected chi connectivity index (χ4v) is 3.35. The van der Waals surface area contributed by atoms with E-state index >= 15 is 0 Å². The van der Waals surface area contributed by atoms with Crippen LogP contribution in [-0.2, 0) is 0 Å². The van der Waals surface area contributed by atoms with Crippen molar-refractivity contribution in [2.24, 2.45) is 17.3 Å². The molecule has 2 nitrogen and oxygen atoms in total. The summed E-state index contributed by atoms with van der Waals surface area (Å²) in [5.41, 5.74) is 0.528. The van der Waals surface area contributed by atoms with Crippen molar-refractivity contribution in [3.8, 4) is 0 Å². The number of nitrogens with zero attached hydrogens (tertiary/aromatic N) is 1. The molecule has 0 radical (unpaired) electrons. The van der Waals surface area contributed by atoms with Crippen molar-refractivity contribution < 1.29 is 0 Å². The summed E-state index contributed by atoms with van der Waals surface area (Å²) in [6.45, 7) is 13.1. The molecule has 1 fully saturated rings. The molecule has 1 N–H and O–H groups in total. The van der Waals surface area contributed by atoms with E-state index < -0.39 is 0 Å². The average molecular weight is 254 g/mol. The molecular formula is C16H34N2. The SMILES string of the molecule is CNC1CCC(C)(C)CC1CN(C)C(C)C(C)C. The van der Waals surface area contributed by atoms with Gasteiger partial charge in [-0.1, -0.05) is 27.7 Å². The van der Waals surface area contributed by atoms with Crippen LogP contribution in [0.4, 0.5) is 0 Å². The molecular weight excluding hydrogens is 220 g/mol. The minimum Gasteiger partial charge on any atom is -0.317 e. The number of nitrogens with one attached hydrogen (secondary N) is 1. The van der Waals surface area contributed by atoms with Crippen LogP contribution in [0.5, 0.6) is 0 Å². The van der Waals surface area contributed by atoms with Crippen LogP contribution in [0.25, 0.3) is 0 Å². The van der Waals surface area contributed by atoms with Crippen molar-refractivity contribution in [2.45, 2.75) is 66.0 Å². The number of hydrogen-bond acceptors (Lipinski definition) is 2. The first-order chi connectivity index (χ1) is 8.26. The molecule has 0 amide bonds. The summed E-state index contributed by atoms with van der Waals surface area (Å²) >= 11 is 0. The summed E-state index contributed by atoms with van der Waals surface area (Å²) in [6.07, 6.45) is 4.05. The van der Waals surface area contributed by atoms with E-state index in [0.717, 1.165) is 11.8 Å². The second-order valence-electron chi connectivity index (χ2n) is 7.49. The molecule has 0 saturated heterocycles. The maximum Gasteiger partial charge on any atom is 0.0105 e. The van der Waals surface area contributed by atoms with Gasteiger partial charge in [0.2, 0.25) is 0 Å². The van der Waals surface area contributed by atoms with Gasteiger partial charge in [-0.25, -0.2) is 0 Å². The Morgan fingerprint density at radius 1 is 1.28 bits per heavy atom. The van der Waals surface area contributed by atoms with E-state index in [1.54, 1.807) is 0 Å². The first kappa shape index (κ1) is 16.0. The molecule has 1 aliphatic carbocycles. The lowest BCUT2D eigenvalue weighted by atomic mass is 9.69. The van der Waals surface area contributed by atoms with Crippen molar-refractivity contribution in [1.29, 1.82) is 0 Å². The first-order valence-electron chi connectivity index (χ1n) is 7.64. The van der Waals surface area contributed by atoms with Gasteiger partial charge in [-0.3, -0.25) is 0 Å². The van der Waals surface area contributed by atoms with Crippen molar-refractivity contribution in [2.75, 3.05) is 20.6 Å². The quantitative estimate of drug-likeness (QED) is 0.809. The third kappa shape index (κ3) is 4.24. The second kappa shape index (κ2) is 6.38. The van der Waals surface area contributed by atoms with Crippen LogP contribution in [0, 0.1) is 17.3 Å². The molecule has 3 atom stereocenters. The molecule has 18 heavy (non-hydrogen) atoms. The summed E-state index contributed by atoms with van der Waals surface area (Å²) in [4.78, 5) is 2.56. The maximum absolute atomic E-state index is 3.54. The van der Waals surface area contributed by atoms with Crippen LogP contribution < -0.4 is 5.32 Å². The van der Waals surface area contributed by atoms with Gasteiger partial charge in [0, 0.05) is 18.6 Å². The van der Waals surface area contributed by atoms with Crippen LogP contribution in [-0.4, -0.2) is 37.6 Å². The zero-order chi connectivity index (χ0) is 13.9. The Morgan fingerprint density at radius 3 is 2.39 bits per heavy atom. The monoisotopic (exact) mass is 254 g/mol. The van der Waals surface area contributed by atoms with E-state index in [-0.39, 0.29) is 0 Å². The molecule has 0 aliphatic heterocycles. The molecule has 0 aromatic rings. The molecule has 0 aromatic carbocycles. The molecule has 2 heteroatoms. The number of hydrogen-bond donors (Lipinski definition) is 1. The normalized spacial score (nSPS) is 29.8. The standard InChI is InChI=1S/C16H34N2/c1-12(2)13(3)18(7)11-14-10-16(4,5)9-8-15(14)17-6/h12-15,17H,8-11H2,1-7H3. The van der Waals surface area contributed by atoms with Gasteiger partial charge in [-0.15, -0.1) is 0 Å². The maximum atomic E-state index is 3.54. The lowest BCUT2D eigenvalue weighted by Crippen LogP contribution is -2.47. The molecule has 0 spiro atoms. The van der Waals surface area contributed by atoms with E-state index in [0.29, 0.717) is 17.5 Å². The summed E-state index contributed by atoms with van der Waals surface area (Å²) in [5, 5.41) is 3.54. The van der Waals surface area contributed by atoms with Gasteiger partial charge in [0.15, 0.2) is 0 Å². The van der Waals surface area contributed by atoms with Gasteiger partial charge >= 0.3 is 0 Å². The highest BCUT2D eigenvalue weighted by molar-refractivity contribution is 4.90. The fraction of sp³-hybridized carbons (Fsp3) is 1.00. The minimum absolute atomic E-state index is 0.528. The Hall–Kier alpha value is -0.0800. The van der Waals surface area contributed by atoms with Gasteiger partial charge in [0.25, 0.3) is 0 Å². The van der Waals surface area contributed by atoms with Crippen LogP contribution in [0.3, 0.4) is 0 Å². The molecule has 1 rings (SSSR count). The van der Waals surface area contributed by atoms with Crippen LogP contribution >= 0.6 is 0 Å². The summed E-state index contributed by atoms with van der Waals surface area (Å²) in [7, 11) is 4.42. The second-order valence-corrected chi connectivity index (χ2v) is 7.49. The van der Waals surface area contributed by atoms with E-state index in [9.17, 15) is 0 Å². The van der Waals surface area contributed by atoms with Crippen LogP contribution in [0.15, 0.2) is 0 Å². The first-order valence-corrected chi connectivity index (χ1v) is 7.64. The zero-order valence-electron chi connectivity index (χ0n) is 13.6. The lowest BCUT2D eigenvalue weighted by Gasteiger charge is -2.43. The Kier molecular flexibility index (Phi) is 5.67. The van der Waals surface area contributed by atoms with Crippen molar-refractivity contribution >= 4 is 0 Å². The molecule has 0 bridgehead atoms. The topological polar surface area (TPSA) is 15.3 Å². The highest BCUT2D eigenvalue weighted by Crippen LogP contribution is 2.39. The minimum atomic E-state index is 0.528. The molecule has 1 saturated carbocycles. The van der Waals surface area contributed by atoms with Gasteiger partial charge in [0.05, 0.1) is 0 Å². The molecule has 1 aliphatic rings. The fourth-order valence-electron chi connectivity index (χ4n) is 3.35. The van der Waals surface area contributed by atoms with Gasteiger partial charge in [-0.2, -0.15) is 0 Å². The van der Waals surface area contributed by atoms with Gasteiger partial charge in [0.1, 0.15) is 0 Å². The number of rotatable bonds is 5. The average Bonchev–Trinajstić information content (AvgIpc) is 2.27. The highest BCUT2D eigenvalue weighted by atomic mass is 15.1. The third-order valence-corrected chi connectivity index (χ3v) is 5.07. The van der Waals surface area contributed by atoms with Crippen molar-refractivity contribution in [3.63, 3.8) is 0 Å². The Bertz CT molecular complexity index is 247. The molecule has 0 heterocycles. The molecule has 0 aromatic heterocycles. The van der Waals surface area contributed by atoms with E-state index in [2.05, 4.69) is 58.9 Å². The molecule has 108 valence electrons. The highest BCUT2D eigenvalue weighted by Gasteiger charge is 2.35. The van der Waals surface area contributed by atoms with E-state index in [1.165, 1.54) is 25.8 Å². The predicted molar refractivity (Wildman–Crippen MR) is 80.9 cm³/mol. The summed E-state index contributed by atoms with van der Waals surface area (Å²) < 4.78 is 0. The van der Waals surface area contributed by atoms with Crippen molar-refractivity contribution in [3.05, 3.63) is 0 Å². The van der Waals surface area contributed by atoms with E-state index in [4.69, 9.17) is 0 Å². The van der Waals surface area contributed by atoms with Gasteiger partial charge < -0.3 is 10.2 Å². The smallest absolute Gasteiger partial charge is 0.0105 e. The predicted octanol–water partition coefficient (Wildman–Crippen LogP) is 3.38. The Balaban J connectivity index is 2.61. The van der Waals surface area contributed by atoms with Crippen LogP contribution in [0.1, 0.15) is 53.9 Å². The summed E-state index contributed by atoms with van der Waals surface area (Å²) in [5.74, 6) is 1.53. The van der Waals surface area contributed by atoms with Crippen molar-refractivity contribution in [1.82, 2.24) is 10.2 Å². The zero-order valence-corrected chi connectivity index (χ0v) is 13.6.